The first-order valence-electron chi connectivity index (χ1n) is 4.70. The molecular weight excluding hydrogens is 120 g/mol. The van der Waals surface area contributed by atoms with Crippen molar-refractivity contribution in [3.05, 3.63) is 0 Å². The third-order valence-corrected chi connectivity index (χ3v) is 2.92. The molecule has 1 aliphatic rings. The highest BCUT2D eigenvalue weighted by atomic mass is 14.3. The van der Waals surface area contributed by atoms with E-state index in [-0.39, 0.29) is 0 Å². The van der Waals surface area contributed by atoms with Crippen molar-refractivity contribution in [2.24, 2.45) is 17.8 Å². The molecule has 0 aromatic rings. The summed E-state index contributed by atoms with van der Waals surface area (Å²) in [5.41, 5.74) is 0. The zero-order chi connectivity index (χ0) is 7.56. The van der Waals surface area contributed by atoms with Crippen molar-refractivity contribution in [1.29, 1.82) is 0 Å². The van der Waals surface area contributed by atoms with Crippen LogP contribution in [0.1, 0.15) is 46.5 Å². The minimum Gasteiger partial charge on any atom is -0.0625 e. The Morgan fingerprint density at radius 3 is 2.30 bits per heavy atom. The fourth-order valence-corrected chi connectivity index (χ4v) is 2.09. The minimum atomic E-state index is 0.919. The summed E-state index contributed by atoms with van der Waals surface area (Å²) in [5, 5.41) is 0. The lowest BCUT2D eigenvalue weighted by Gasteiger charge is -2.29. The lowest BCUT2D eigenvalue weighted by molar-refractivity contribution is 0.226. The van der Waals surface area contributed by atoms with Crippen LogP contribution in [0, 0.1) is 17.8 Å². The van der Waals surface area contributed by atoms with Gasteiger partial charge in [0.2, 0.25) is 0 Å². The lowest BCUT2D eigenvalue weighted by Crippen LogP contribution is -2.17. The quantitative estimate of drug-likeness (QED) is 0.523. The second-order valence-corrected chi connectivity index (χ2v) is 4.28. The van der Waals surface area contributed by atoms with Crippen molar-refractivity contribution >= 4 is 0 Å². The standard InChI is InChI=1S/C10H20/c1-8(2)10-6-4-5-9(3)7-10/h8-10H,4-7H2,1-3H3/t9?,10-/m1/s1. The lowest BCUT2D eigenvalue weighted by atomic mass is 9.77. The second kappa shape index (κ2) is 3.41. The molecule has 60 valence electrons. The Morgan fingerprint density at radius 1 is 1.20 bits per heavy atom. The number of hydrogen-bond donors (Lipinski definition) is 0. The summed E-state index contributed by atoms with van der Waals surface area (Å²) in [6.07, 6.45) is 5.92. The van der Waals surface area contributed by atoms with Gasteiger partial charge in [-0.25, -0.2) is 0 Å². The fourth-order valence-electron chi connectivity index (χ4n) is 2.09. The molecule has 0 N–H and O–H groups in total. The molecule has 0 aliphatic heterocycles. The summed E-state index contributed by atoms with van der Waals surface area (Å²) in [6, 6.07) is 0. The van der Waals surface area contributed by atoms with Crippen molar-refractivity contribution < 1.29 is 0 Å². The van der Waals surface area contributed by atoms with Gasteiger partial charge in [-0.2, -0.15) is 0 Å². The maximum atomic E-state index is 2.40. The molecule has 0 bridgehead atoms. The second-order valence-electron chi connectivity index (χ2n) is 4.28. The molecule has 2 atom stereocenters. The van der Waals surface area contributed by atoms with E-state index in [1.165, 1.54) is 25.7 Å². The number of rotatable bonds is 1. The molecular formula is C10H20. The maximum absolute atomic E-state index is 2.40. The van der Waals surface area contributed by atoms with E-state index in [0.717, 1.165) is 17.8 Å². The van der Waals surface area contributed by atoms with Gasteiger partial charge in [0, 0.05) is 0 Å². The van der Waals surface area contributed by atoms with E-state index in [0.29, 0.717) is 0 Å². The fraction of sp³-hybridized carbons (Fsp3) is 1.00. The van der Waals surface area contributed by atoms with Crippen molar-refractivity contribution in [3.8, 4) is 0 Å². The van der Waals surface area contributed by atoms with Gasteiger partial charge >= 0.3 is 0 Å². The van der Waals surface area contributed by atoms with Crippen LogP contribution in [-0.4, -0.2) is 0 Å². The van der Waals surface area contributed by atoms with Gasteiger partial charge in [0.1, 0.15) is 0 Å². The molecule has 0 amide bonds. The van der Waals surface area contributed by atoms with Gasteiger partial charge in [0.05, 0.1) is 0 Å². The highest BCUT2D eigenvalue weighted by molar-refractivity contribution is 4.72. The van der Waals surface area contributed by atoms with Crippen LogP contribution in [0.15, 0.2) is 0 Å². The van der Waals surface area contributed by atoms with Crippen molar-refractivity contribution in [2.75, 3.05) is 0 Å². The van der Waals surface area contributed by atoms with Crippen LogP contribution in [-0.2, 0) is 0 Å². The summed E-state index contributed by atoms with van der Waals surface area (Å²) in [7, 11) is 0. The normalized spacial score (nSPS) is 34.8. The van der Waals surface area contributed by atoms with Crippen LogP contribution in [0.5, 0.6) is 0 Å². The van der Waals surface area contributed by atoms with Crippen LogP contribution in [0.4, 0.5) is 0 Å². The Kier molecular flexibility index (Phi) is 2.76. The van der Waals surface area contributed by atoms with E-state index in [2.05, 4.69) is 20.8 Å². The van der Waals surface area contributed by atoms with E-state index in [4.69, 9.17) is 0 Å². The molecule has 1 aliphatic carbocycles. The van der Waals surface area contributed by atoms with Crippen LogP contribution in [0.3, 0.4) is 0 Å². The van der Waals surface area contributed by atoms with E-state index in [1.807, 2.05) is 0 Å². The van der Waals surface area contributed by atoms with Gasteiger partial charge in [-0.3, -0.25) is 0 Å². The topological polar surface area (TPSA) is 0 Å². The maximum Gasteiger partial charge on any atom is -0.0389 e. The van der Waals surface area contributed by atoms with Gasteiger partial charge in [-0.05, 0) is 24.2 Å². The van der Waals surface area contributed by atoms with Gasteiger partial charge in [0.15, 0.2) is 0 Å². The molecule has 1 unspecified atom stereocenters. The summed E-state index contributed by atoms with van der Waals surface area (Å²) in [6.45, 7) is 7.12. The molecule has 0 heteroatoms. The van der Waals surface area contributed by atoms with Crippen LogP contribution in [0.2, 0.25) is 0 Å². The molecule has 0 heterocycles. The van der Waals surface area contributed by atoms with Gasteiger partial charge in [-0.1, -0.05) is 40.0 Å². The SMILES string of the molecule is CC1CCC[C@@H](C(C)C)C1. The Hall–Kier alpha value is 0. The van der Waals surface area contributed by atoms with Crippen molar-refractivity contribution in [2.45, 2.75) is 46.5 Å². The Labute approximate surface area is 65.0 Å². The molecule has 0 aromatic carbocycles. The first-order chi connectivity index (χ1) is 4.70. The summed E-state index contributed by atoms with van der Waals surface area (Å²) < 4.78 is 0. The van der Waals surface area contributed by atoms with Crippen LogP contribution in [0.25, 0.3) is 0 Å². The summed E-state index contributed by atoms with van der Waals surface area (Å²) >= 11 is 0. The molecule has 1 fully saturated rings. The Morgan fingerprint density at radius 2 is 1.90 bits per heavy atom. The number of hydrogen-bond acceptors (Lipinski definition) is 0. The first kappa shape index (κ1) is 8.10. The van der Waals surface area contributed by atoms with E-state index in [1.54, 1.807) is 0 Å². The average Bonchev–Trinajstić information content (AvgIpc) is 1.88. The minimum absolute atomic E-state index is 0.919. The predicted molar refractivity (Wildman–Crippen MR) is 46.0 cm³/mol. The molecule has 10 heavy (non-hydrogen) atoms. The highest BCUT2D eigenvalue weighted by Crippen LogP contribution is 2.32. The van der Waals surface area contributed by atoms with E-state index in [9.17, 15) is 0 Å². The van der Waals surface area contributed by atoms with Gasteiger partial charge in [-0.15, -0.1) is 0 Å². The Balaban J connectivity index is 2.32. The van der Waals surface area contributed by atoms with Crippen LogP contribution >= 0.6 is 0 Å². The Bertz CT molecular complexity index is 94.2. The zero-order valence-corrected chi connectivity index (χ0v) is 7.56. The molecule has 1 saturated carbocycles. The molecule has 0 spiro atoms. The van der Waals surface area contributed by atoms with Gasteiger partial charge in [0.25, 0.3) is 0 Å². The predicted octanol–water partition coefficient (Wildman–Crippen LogP) is 3.47. The summed E-state index contributed by atoms with van der Waals surface area (Å²) in [4.78, 5) is 0. The van der Waals surface area contributed by atoms with Gasteiger partial charge < -0.3 is 0 Å². The molecule has 0 radical (unpaired) electrons. The van der Waals surface area contributed by atoms with E-state index >= 15 is 0 Å². The monoisotopic (exact) mass is 140 g/mol. The smallest absolute Gasteiger partial charge is 0.0389 e. The molecule has 0 aromatic heterocycles. The highest BCUT2D eigenvalue weighted by Gasteiger charge is 2.20. The van der Waals surface area contributed by atoms with Crippen molar-refractivity contribution in [1.82, 2.24) is 0 Å². The zero-order valence-electron chi connectivity index (χ0n) is 7.56. The average molecular weight is 140 g/mol. The summed E-state index contributed by atoms with van der Waals surface area (Å²) in [5.74, 6) is 2.95. The molecule has 0 saturated heterocycles. The third kappa shape index (κ3) is 2.00. The largest absolute Gasteiger partial charge is 0.0625 e. The first-order valence-corrected chi connectivity index (χ1v) is 4.70. The van der Waals surface area contributed by atoms with Crippen LogP contribution < -0.4 is 0 Å². The third-order valence-electron chi connectivity index (χ3n) is 2.92. The van der Waals surface area contributed by atoms with Crippen molar-refractivity contribution in [3.63, 3.8) is 0 Å². The molecule has 0 nitrogen and oxygen atoms in total. The van der Waals surface area contributed by atoms with E-state index < -0.39 is 0 Å². The molecule has 1 rings (SSSR count).